The van der Waals surface area contributed by atoms with Crippen LogP contribution in [0.5, 0.6) is 0 Å². The van der Waals surface area contributed by atoms with E-state index in [9.17, 15) is 4.39 Å². The molecular weight excluding hydrogens is 251 g/mol. The van der Waals surface area contributed by atoms with Gasteiger partial charge in [0.25, 0.3) is 0 Å². The maximum absolute atomic E-state index is 13.7. The molecule has 20 heavy (non-hydrogen) atoms. The van der Waals surface area contributed by atoms with Gasteiger partial charge in [-0.25, -0.2) is 4.39 Å². The third kappa shape index (κ3) is 3.21. The van der Waals surface area contributed by atoms with Gasteiger partial charge in [0.15, 0.2) is 0 Å². The van der Waals surface area contributed by atoms with Crippen molar-refractivity contribution in [2.24, 2.45) is 0 Å². The lowest BCUT2D eigenvalue weighted by atomic mass is 9.97. The summed E-state index contributed by atoms with van der Waals surface area (Å²) in [6, 6.07) is 7.18. The summed E-state index contributed by atoms with van der Waals surface area (Å²) in [6.45, 7) is 4.39. The third-order valence-corrected chi connectivity index (χ3v) is 4.89. The van der Waals surface area contributed by atoms with Crippen LogP contribution in [0.2, 0.25) is 0 Å². The SMILES string of the molecule is Fc1ccccc1CCN1CCCNC2(CCCC2)C1. The van der Waals surface area contributed by atoms with Crippen LogP contribution in [0.4, 0.5) is 4.39 Å². The lowest BCUT2D eigenvalue weighted by molar-refractivity contribution is 0.211. The van der Waals surface area contributed by atoms with Crippen molar-refractivity contribution in [3.8, 4) is 0 Å². The predicted octanol–water partition coefficient (Wildman–Crippen LogP) is 2.98. The number of benzene rings is 1. The van der Waals surface area contributed by atoms with Crippen molar-refractivity contribution in [2.75, 3.05) is 26.2 Å². The summed E-state index contributed by atoms with van der Waals surface area (Å²) in [5.41, 5.74) is 1.20. The molecule has 1 spiro atoms. The van der Waals surface area contributed by atoms with Gasteiger partial charge < -0.3 is 10.2 Å². The van der Waals surface area contributed by atoms with Gasteiger partial charge in [0, 0.05) is 18.6 Å². The Morgan fingerprint density at radius 1 is 1.15 bits per heavy atom. The van der Waals surface area contributed by atoms with Crippen LogP contribution in [-0.4, -0.2) is 36.6 Å². The van der Waals surface area contributed by atoms with E-state index in [4.69, 9.17) is 0 Å². The van der Waals surface area contributed by atoms with Gasteiger partial charge in [-0.3, -0.25) is 0 Å². The normalized spacial score (nSPS) is 23.1. The lowest BCUT2D eigenvalue weighted by Gasteiger charge is -2.33. The molecule has 110 valence electrons. The van der Waals surface area contributed by atoms with E-state index >= 15 is 0 Å². The molecule has 1 N–H and O–H groups in total. The van der Waals surface area contributed by atoms with Crippen molar-refractivity contribution in [1.82, 2.24) is 10.2 Å². The molecule has 3 heteroatoms. The van der Waals surface area contributed by atoms with E-state index in [1.165, 1.54) is 32.1 Å². The van der Waals surface area contributed by atoms with E-state index in [0.717, 1.165) is 38.2 Å². The standard InChI is InChI=1S/C17H25FN2/c18-16-7-2-1-6-15(16)8-13-20-12-5-11-19-17(14-20)9-3-4-10-17/h1-2,6-7,19H,3-5,8-14H2. The topological polar surface area (TPSA) is 15.3 Å². The molecule has 1 aliphatic carbocycles. The van der Waals surface area contributed by atoms with E-state index in [1.807, 2.05) is 12.1 Å². The Balaban J connectivity index is 1.60. The van der Waals surface area contributed by atoms with Gasteiger partial charge in [0.2, 0.25) is 0 Å². The van der Waals surface area contributed by atoms with Crippen LogP contribution in [0.25, 0.3) is 0 Å². The maximum Gasteiger partial charge on any atom is 0.126 e. The largest absolute Gasteiger partial charge is 0.310 e. The first kappa shape index (κ1) is 14.0. The maximum atomic E-state index is 13.7. The Labute approximate surface area is 121 Å². The van der Waals surface area contributed by atoms with Gasteiger partial charge >= 0.3 is 0 Å². The molecule has 3 rings (SSSR count). The van der Waals surface area contributed by atoms with Crippen molar-refractivity contribution < 1.29 is 4.39 Å². The first-order valence-electron chi connectivity index (χ1n) is 7.98. The van der Waals surface area contributed by atoms with Crippen LogP contribution in [0, 0.1) is 5.82 Å². The quantitative estimate of drug-likeness (QED) is 0.913. The van der Waals surface area contributed by atoms with Crippen molar-refractivity contribution in [3.05, 3.63) is 35.6 Å². The second kappa shape index (κ2) is 6.23. The second-order valence-corrected chi connectivity index (χ2v) is 6.39. The Morgan fingerprint density at radius 2 is 1.95 bits per heavy atom. The van der Waals surface area contributed by atoms with Crippen molar-refractivity contribution >= 4 is 0 Å². The summed E-state index contributed by atoms with van der Waals surface area (Å²) >= 11 is 0. The lowest BCUT2D eigenvalue weighted by Crippen LogP contribution is -2.49. The number of rotatable bonds is 3. The zero-order valence-electron chi connectivity index (χ0n) is 12.2. The molecular formula is C17H25FN2. The minimum Gasteiger partial charge on any atom is -0.310 e. The molecule has 2 aliphatic rings. The Bertz CT molecular complexity index is 440. The molecule has 2 nitrogen and oxygen atoms in total. The predicted molar refractivity (Wildman–Crippen MR) is 80.4 cm³/mol. The second-order valence-electron chi connectivity index (χ2n) is 6.39. The molecule has 1 aromatic rings. The summed E-state index contributed by atoms with van der Waals surface area (Å²) < 4.78 is 13.7. The fraction of sp³-hybridized carbons (Fsp3) is 0.647. The zero-order valence-corrected chi connectivity index (χ0v) is 12.2. The van der Waals surface area contributed by atoms with Crippen molar-refractivity contribution in [2.45, 2.75) is 44.1 Å². The number of hydrogen-bond donors (Lipinski definition) is 1. The van der Waals surface area contributed by atoms with Gasteiger partial charge in [-0.05, 0) is 50.4 Å². The van der Waals surface area contributed by atoms with Crippen LogP contribution in [0.1, 0.15) is 37.7 Å². The van der Waals surface area contributed by atoms with E-state index in [0.29, 0.717) is 5.54 Å². The molecule has 1 heterocycles. The molecule has 0 amide bonds. The summed E-state index contributed by atoms with van der Waals surface area (Å²) in [6.07, 6.45) is 7.36. The van der Waals surface area contributed by atoms with Crippen LogP contribution in [0.3, 0.4) is 0 Å². The van der Waals surface area contributed by atoms with Gasteiger partial charge in [-0.2, -0.15) is 0 Å². The molecule has 0 aromatic heterocycles. The molecule has 1 saturated carbocycles. The molecule has 0 radical (unpaired) electrons. The van der Waals surface area contributed by atoms with Gasteiger partial charge in [0.1, 0.15) is 5.82 Å². The van der Waals surface area contributed by atoms with E-state index in [1.54, 1.807) is 12.1 Å². The van der Waals surface area contributed by atoms with Gasteiger partial charge in [0.05, 0.1) is 0 Å². The average Bonchev–Trinajstić information content (AvgIpc) is 2.80. The minimum atomic E-state index is -0.0592. The van der Waals surface area contributed by atoms with Crippen LogP contribution >= 0.6 is 0 Å². The van der Waals surface area contributed by atoms with Crippen LogP contribution in [0.15, 0.2) is 24.3 Å². The number of nitrogens with one attached hydrogen (secondary N) is 1. The highest BCUT2D eigenvalue weighted by atomic mass is 19.1. The number of halogens is 1. The summed E-state index contributed by atoms with van der Waals surface area (Å²) in [7, 11) is 0. The molecule has 1 saturated heterocycles. The van der Waals surface area contributed by atoms with E-state index in [2.05, 4.69) is 10.2 Å². The number of nitrogens with zero attached hydrogens (tertiary/aromatic N) is 1. The Morgan fingerprint density at radius 3 is 2.75 bits per heavy atom. The highest BCUT2D eigenvalue weighted by molar-refractivity contribution is 5.17. The van der Waals surface area contributed by atoms with Crippen molar-refractivity contribution in [1.29, 1.82) is 0 Å². The summed E-state index contributed by atoms with van der Waals surface area (Å²) in [4.78, 5) is 2.54. The highest BCUT2D eigenvalue weighted by Crippen LogP contribution is 2.31. The van der Waals surface area contributed by atoms with Crippen molar-refractivity contribution in [3.63, 3.8) is 0 Å². The first-order valence-corrected chi connectivity index (χ1v) is 7.98. The molecule has 0 bridgehead atoms. The summed E-state index contributed by atoms with van der Waals surface area (Å²) in [5.74, 6) is -0.0592. The average molecular weight is 276 g/mol. The fourth-order valence-corrected chi connectivity index (χ4v) is 3.78. The molecule has 1 aromatic carbocycles. The smallest absolute Gasteiger partial charge is 0.126 e. The molecule has 2 fully saturated rings. The molecule has 1 aliphatic heterocycles. The molecule has 0 unspecified atom stereocenters. The first-order chi connectivity index (χ1) is 9.77. The van der Waals surface area contributed by atoms with E-state index < -0.39 is 0 Å². The minimum absolute atomic E-state index is 0.0592. The van der Waals surface area contributed by atoms with E-state index in [-0.39, 0.29) is 5.82 Å². The fourth-order valence-electron chi connectivity index (χ4n) is 3.78. The summed E-state index contributed by atoms with van der Waals surface area (Å²) in [5, 5.41) is 3.78. The highest BCUT2D eigenvalue weighted by Gasteiger charge is 2.36. The number of hydrogen-bond acceptors (Lipinski definition) is 2. The molecule has 0 atom stereocenters. The van der Waals surface area contributed by atoms with Crippen LogP contribution < -0.4 is 5.32 Å². The zero-order chi connectivity index (χ0) is 13.8. The Hall–Kier alpha value is -0.930. The van der Waals surface area contributed by atoms with Crippen LogP contribution in [-0.2, 0) is 6.42 Å². The third-order valence-electron chi connectivity index (χ3n) is 4.89. The van der Waals surface area contributed by atoms with Gasteiger partial charge in [-0.1, -0.05) is 31.0 Å². The Kier molecular flexibility index (Phi) is 4.37. The van der Waals surface area contributed by atoms with Gasteiger partial charge in [-0.15, -0.1) is 0 Å². The monoisotopic (exact) mass is 276 g/mol.